The lowest BCUT2D eigenvalue weighted by Crippen LogP contribution is -2.02. The van der Waals surface area contributed by atoms with Crippen LogP contribution in [0.1, 0.15) is 49.2 Å². The first-order valence-electron chi connectivity index (χ1n) is 7.00. The molecule has 1 heterocycles. The van der Waals surface area contributed by atoms with E-state index in [1.807, 2.05) is 32.9 Å². The average Bonchev–Trinajstić information content (AvgIpc) is 2.90. The molecule has 5 heteroatoms. The van der Waals surface area contributed by atoms with Gasteiger partial charge in [0.2, 0.25) is 0 Å². The van der Waals surface area contributed by atoms with Crippen LogP contribution in [0.4, 0.5) is 0 Å². The average molecular weight is 289 g/mol. The first-order chi connectivity index (χ1) is 10.0. The lowest BCUT2D eigenvalue weighted by Gasteiger charge is -2.06. The molecule has 0 saturated heterocycles. The van der Waals surface area contributed by atoms with E-state index in [2.05, 4.69) is 5.16 Å². The van der Waals surface area contributed by atoms with E-state index in [0.29, 0.717) is 29.4 Å². The van der Waals surface area contributed by atoms with E-state index in [0.717, 1.165) is 6.42 Å². The van der Waals surface area contributed by atoms with Crippen LogP contribution in [0.2, 0.25) is 0 Å². The van der Waals surface area contributed by atoms with E-state index in [9.17, 15) is 9.90 Å². The molecule has 1 aromatic carbocycles. The second kappa shape index (κ2) is 6.43. The molecule has 0 radical (unpaired) electrons. The third-order valence-electron chi connectivity index (χ3n) is 3.04. The topological polar surface area (TPSA) is 72.6 Å². The Bertz CT molecular complexity index is 631. The molecule has 1 N–H and O–H groups in total. The number of carboxylic acids is 1. The zero-order chi connectivity index (χ0) is 15.4. The van der Waals surface area contributed by atoms with E-state index in [1.165, 1.54) is 0 Å². The van der Waals surface area contributed by atoms with Crippen molar-refractivity contribution in [2.24, 2.45) is 0 Å². The maximum Gasteiger partial charge on any atom is 0.341 e. The van der Waals surface area contributed by atoms with Gasteiger partial charge in [-0.05, 0) is 18.6 Å². The molecule has 0 unspecified atom stereocenters. The molecule has 0 aliphatic carbocycles. The molecule has 21 heavy (non-hydrogen) atoms. The van der Waals surface area contributed by atoms with Crippen LogP contribution in [-0.2, 0) is 0 Å². The molecule has 0 fully saturated rings. The van der Waals surface area contributed by atoms with Crippen LogP contribution in [0.3, 0.4) is 0 Å². The summed E-state index contributed by atoms with van der Waals surface area (Å²) in [5, 5.41) is 13.4. The number of ether oxygens (including phenoxy) is 1. The van der Waals surface area contributed by atoms with Crippen molar-refractivity contribution in [1.82, 2.24) is 5.16 Å². The molecule has 0 aliphatic heterocycles. The Morgan fingerprint density at radius 1 is 1.43 bits per heavy atom. The summed E-state index contributed by atoms with van der Waals surface area (Å²) in [7, 11) is 0. The summed E-state index contributed by atoms with van der Waals surface area (Å²) in [5.41, 5.74) is 1.14. The highest BCUT2D eigenvalue weighted by Crippen LogP contribution is 2.31. The van der Waals surface area contributed by atoms with Gasteiger partial charge in [0.1, 0.15) is 17.0 Å². The maximum absolute atomic E-state index is 11.5. The third kappa shape index (κ3) is 3.24. The number of aromatic nitrogens is 1. The normalized spacial score (nSPS) is 10.9. The summed E-state index contributed by atoms with van der Waals surface area (Å²) in [6, 6.07) is 7.23. The van der Waals surface area contributed by atoms with E-state index in [-0.39, 0.29) is 11.5 Å². The Morgan fingerprint density at radius 2 is 2.19 bits per heavy atom. The zero-order valence-corrected chi connectivity index (χ0v) is 12.4. The van der Waals surface area contributed by atoms with Crippen molar-refractivity contribution in [3.05, 3.63) is 35.6 Å². The minimum atomic E-state index is -1.03. The van der Waals surface area contributed by atoms with E-state index >= 15 is 0 Å². The summed E-state index contributed by atoms with van der Waals surface area (Å²) >= 11 is 0. The van der Waals surface area contributed by atoms with Crippen LogP contribution in [0.15, 0.2) is 28.8 Å². The largest absolute Gasteiger partial charge is 0.494 e. The van der Waals surface area contributed by atoms with Gasteiger partial charge in [-0.1, -0.05) is 38.1 Å². The van der Waals surface area contributed by atoms with Crippen molar-refractivity contribution in [2.45, 2.75) is 33.1 Å². The van der Waals surface area contributed by atoms with Crippen LogP contribution in [0.5, 0.6) is 5.75 Å². The van der Waals surface area contributed by atoms with E-state index in [1.54, 1.807) is 12.1 Å². The number of hydrogen-bond donors (Lipinski definition) is 1. The van der Waals surface area contributed by atoms with Gasteiger partial charge in [0.15, 0.2) is 5.76 Å². The summed E-state index contributed by atoms with van der Waals surface area (Å²) in [4.78, 5) is 11.5. The molecule has 2 aromatic rings. The van der Waals surface area contributed by atoms with Gasteiger partial charge in [-0.15, -0.1) is 0 Å². The minimum Gasteiger partial charge on any atom is -0.494 e. The van der Waals surface area contributed by atoms with Crippen molar-refractivity contribution in [3.63, 3.8) is 0 Å². The smallest absolute Gasteiger partial charge is 0.341 e. The van der Waals surface area contributed by atoms with Gasteiger partial charge in [-0.25, -0.2) is 4.79 Å². The highest BCUT2D eigenvalue weighted by molar-refractivity contribution is 5.96. The monoisotopic (exact) mass is 289 g/mol. The number of benzene rings is 1. The van der Waals surface area contributed by atoms with Gasteiger partial charge < -0.3 is 14.4 Å². The Labute approximate surface area is 123 Å². The second-order valence-electron chi connectivity index (χ2n) is 5.11. The molecule has 2 rings (SSSR count). The van der Waals surface area contributed by atoms with E-state index < -0.39 is 5.97 Å². The highest BCUT2D eigenvalue weighted by Gasteiger charge is 2.25. The lowest BCUT2D eigenvalue weighted by molar-refractivity contribution is 0.0694. The standard InChI is InChI=1S/C16H19NO4/c1-4-8-20-12-7-5-6-11(9-12)14-13(16(18)19)15(10(2)3)21-17-14/h5-7,9-10H,4,8H2,1-3H3,(H,18,19). The Hall–Kier alpha value is -2.30. The first-order valence-corrected chi connectivity index (χ1v) is 7.00. The molecular weight excluding hydrogens is 270 g/mol. The zero-order valence-electron chi connectivity index (χ0n) is 12.4. The minimum absolute atomic E-state index is 0.0446. The molecule has 1 aromatic heterocycles. The Kier molecular flexibility index (Phi) is 4.62. The number of hydrogen-bond acceptors (Lipinski definition) is 4. The molecular formula is C16H19NO4. The predicted molar refractivity (Wildman–Crippen MR) is 78.8 cm³/mol. The van der Waals surface area contributed by atoms with E-state index in [4.69, 9.17) is 9.26 Å². The fourth-order valence-corrected chi connectivity index (χ4v) is 2.05. The van der Waals surface area contributed by atoms with Crippen molar-refractivity contribution in [3.8, 4) is 17.0 Å². The summed E-state index contributed by atoms with van der Waals surface area (Å²) < 4.78 is 10.8. The van der Waals surface area contributed by atoms with Crippen LogP contribution in [0.25, 0.3) is 11.3 Å². The van der Waals surface area contributed by atoms with Crippen molar-refractivity contribution in [2.75, 3.05) is 6.61 Å². The molecule has 5 nitrogen and oxygen atoms in total. The lowest BCUT2D eigenvalue weighted by atomic mass is 10.0. The van der Waals surface area contributed by atoms with Crippen LogP contribution < -0.4 is 4.74 Å². The second-order valence-corrected chi connectivity index (χ2v) is 5.11. The Balaban J connectivity index is 2.44. The van der Waals surface area contributed by atoms with Gasteiger partial charge in [0.05, 0.1) is 6.61 Å². The van der Waals surface area contributed by atoms with Gasteiger partial charge in [-0.2, -0.15) is 0 Å². The van der Waals surface area contributed by atoms with Crippen LogP contribution in [0, 0.1) is 0 Å². The van der Waals surface area contributed by atoms with Gasteiger partial charge in [0.25, 0.3) is 0 Å². The highest BCUT2D eigenvalue weighted by atomic mass is 16.5. The van der Waals surface area contributed by atoms with Crippen LogP contribution >= 0.6 is 0 Å². The fraction of sp³-hybridized carbons (Fsp3) is 0.375. The van der Waals surface area contributed by atoms with Crippen molar-refractivity contribution < 1.29 is 19.2 Å². The Morgan fingerprint density at radius 3 is 2.81 bits per heavy atom. The first kappa shape index (κ1) is 15.1. The van der Waals surface area contributed by atoms with Crippen molar-refractivity contribution >= 4 is 5.97 Å². The number of rotatable bonds is 6. The predicted octanol–water partition coefficient (Wildman–Crippen LogP) is 3.95. The quantitative estimate of drug-likeness (QED) is 0.871. The van der Waals surface area contributed by atoms with Gasteiger partial charge in [-0.3, -0.25) is 0 Å². The SMILES string of the molecule is CCCOc1cccc(-c2noc(C(C)C)c2C(=O)O)c1. The van der Waals surface area contributed by atoms with Gasteiger partial charge >= 0.3 is 5.97 Å². The number of aromatic carboxylic acids is 1. The third-order valence-corrected chi connectivity index (χ3v) is 3.04. The van der Waals surface area contributed by atoms with Crippen LogP contribution in [-0.4, -0.2) is 22.8 Å². The number of carbonyl (C=O) groups is 1. The summed E-state index contributed by atoms with van der Waals surface area (Å²) in [6.07, 6.45) is 0.909. The number of carboxylic acid groups (broad SMARTS) is 1. The fourth-order valence-electron chi connectivity index (χ4n) is 2.05. The molecule has 0 spiro atoms. The molecule has 0 saturated carbocycles. The molecule has 0 aliphatic rings. The molecule has 0 bridgehead atoms. The molecule has 112 valence electrons. The summed E-state index contributed by atoms with van der Waals surface area (Å²) in [5.74, 6) is 0.00358. The molecule has 0 atom stereocenters. The number of nitrogens with zero attached hydrogens (tertiary/aromatic N) is 1. The molecule has 0 amide bonds. The summed E-state index contributed by atoms with van der Waals surface area (Å²) in [6.45, 7) is 6.39. The van der Waals surface area contributed by atoms with Crippen molar-refractivity contribution in [1.29, 1.82) is 0 Å². The maximum atomic E-state index is 11.5. The van der Waals surface area contributed by atoms with Gasteiger partial charge in [0, 0.05) is 11.5 Å².